The number of hydrogen-bond donors (Lipinski definition) is 1. The van der Waals surface area contributed by atoms with Gasteiger partial charge in [-0.1, -0.05) is 24.2 Å². The molecule has 1 saturated heterocycles. The van der Waals surface area contributed by atoms with Crippen molar-refractivity contribution in [1.82, 2.24) is 15.0 Å². The molecule has 1 N–H and O–H groups in total. The minimum absolute atomic E-state index is 0.0103. The predicted octanol–water partition coefficient (Wildman–Crippen LogP) is 1.72. The number of hydrogen-bond acceptors (Lipinski definition) is 6. The molecular formula is C16H20N4O3. The minimum Gasteiger partial charge on any atom is -0.378 e. The van der Waals surface area contributed by atoms with Crippen LogP contribution in [0.3, 0.4) is 0 Å². The van der Waals surface area contributed by atoms with Gasteiger partial charge in [0, 0.05) is 25.2 Å². The van der Waals surface area contributed by atoms with Gasteiger partial charge in [-0.2, -0.15) is 4.98 Å². The number of nitrogens with one attached hydrogen (secondary N) is 1. The summed E-state index contributed by atoms with van der Waals surface area (Å²) in [5, 5.41) is 7.07. The Kier molecular flexibility index (Phi) is 4.87. The van der Waals surface area contributed by atoms with Gasteiger partial charge in [0.25, 0.3) is 5.91 Å². The summed E-state index contributed by atoms with van der Waals surface area (Å²) in [4.78, 5) is 18.7. The van der Waals surface area contributed by atoms with Gasteiger partial charge in [0.2, 0.25) is 5.89 Å². The van der Waals surface area contributed by atoms with Crippen molar-refractivity contribution in [2.45, 2.75) is 19.9 Å². The first-order chi connectivity index (χ1) is 11.3. The third-order valence-corrected chi connectivity index (χ3v) is 3.71. The van der Waals surface area contributed by atoms with Gasteiger partial charge in [-0.15, -0.1) is 0 Å². The molecule has 1 aromatic carbocycles. The lowest BCUT2D eigenvalue weighted by atomic mass is 10.1. The van der Waals surface area contributed by atoms with Crippen molar-refractivity contribution in [1.29, 1.82) is 0 Å². The molecule has 1 fully saturated rings. The van der Waals surface area contributed by atoms with Gasteiger partial charge >= 0.3 is 0 Å². The van der Waals surface area contributed by atoms with Crippen molar-refractivity contribution < 1.29 is 14.1 Å². The van der Waals surface area contributed by atoms with Gasteiger partial charge in [-0.25, -0.2) is 0 Å². The average molecular weight is 316 g/mol. The number of para-hydroxylation sites is 1. The number of benzene rings is 1. The van der Waals surface area contributed by atoms with Crippen LogP contribution in [0.1, 0.15) is 29.0 Å². The van der Waals surface area contributed by atoms with Crippen LogP contribution >= 0.6 is 0 Å². The van der Waals surface area contributed by atoms with Crippen LogP contribution in [-0.2, 0) is 17.7 Å². The molecule has 0 saturated carbocycles. The fraction of sp³-hybridized carbons (Fsp3) is 0.438. The molecule has 3 rings (SSSR count). The first-order valence-electron chi connectivity index (χ1n) is 7.79. The maximum atomic E-state index is 12.7. The quantitative estimate of drug-likeness (QED) is 0.904. The van der Waals surface area contributed by atoms with Crippen LogP contribution in [0.25, 0.3) is 0 Å². The lowest BCUT2D eigenvalue weighted by molar-refractivity contribution is 0.0303. The van der Waals surface area contributed by atoms with Crippen LogP contribution in [0.4, 0.5) is 5.69 Å². The largest absolute Gasteiger partial charge is 0.378 e. The standard InChI is InChI=1S/C16H20N4O3/c1-2-14-18-15(23-19-14)11-17-13-6-4-3-5-12(13)16(21)20-7-9-22-10-8-20/h3-6,17H,2,7-11H2,1H3. The molecule has 1 aliphatic rings. The number of rotatable bonds is 5. The number of aromatic nitrogens is 2. The Bertz CT molecular complexity index is 665. The molecule has 2 aromatic rings. The molecule has 0 radical (unpaired) electrons. The molecule has 2 heterocycles. The Morgan fingerprint density at radius 1 is 1.30 bits per heavy atom. The molecule has 0 atom stereocenters. The molecule has 23 heavy (non-hydrogen) atoms. The molecule has 7 heteroatoms. The van der Waals surface area contributed by atoms with E-state index in [1.807, 2.05) is 36.1 Å². The van der Waals surface area contributed by atoms with E-state index in [0.29, 0.717) is 50.1 Å². The summed E-state index contributed by atoms with van der Waals surface area (Å²) < 4.78 is 10.5. The van der Waals surface area contributed by atoms with Gasteiger partial charge < -0.3 is 19.5 Å². The highest BCUT2D eigenvalue weighted by Gasteiger charge is 2.20. The number of anilines is 1. The fourth-order valence-corrected chi connectivity index (χ4v) is 2.44. The molecule has 0 unspecified atom stereocenters. The molecule has 1 aromatic heterocycles. The van der Waals surface area contributed by atoms with Crippen molar-refractivity contribution in [3.8, 4) is 0 Å². The lowest BCUT2D eigenvalue weighted by Crippen LogP contribution is -2.40. The van der Waals surface area contributed by atoms with E-state index < -0.39 is 0 Å². The van der Waals surface area contributed by atoms with E-state index in [1.165, 1.54) is 0 Å². The lowest BCUT2D eigenvalue weighted by Gasteiger charge is -2.27. The second kappa shape index (κ2) is 7.23. The maximum absolute atomic E-state index is 12.7. The minimum atomic E-state index is 0.0103. The average Bonchev–Trinajstić information content (AvgIpc) is 3.08. The molecule has 0 bridgehead atoms. The van der Waals surface area contributed by atoms with E-state index in [2.05, 4.69) is 15.5 Å². The van der Waals surface area contributed by atoms with Gasteiger partial charge in [0.05, 0.1) is 25.3 Å². The summed E-state index contributed by atoms with van der Waals surface area (Å²) in [6.07, 6.45) is 0.732. The van der Waals surface area contributed by atoms with E-state index in [1.54, 1.807) is 0 Å². The molecule has 1 aliphatic heterocycles. The van der Waals surface area contributed by atoms with E-state index in [9.17, 15) is 4.79 Å². The van der Waals surface area contributed by atoms with Gasteiger partial charge in [-0.05, 0) is 12.1 Å². The number of nitrogens with zero attached hydrogens (tertiary/aromatic N) is 3. The molecule has 122 valence electrons. The third kappa shape index (κ3) is 3.68. The van der Waals surface area contributed by atoms with Crippen molar-refractivity contribution in [3.05, 3.63) is 41.5 Å². The first-order valence-corrected chi connectivity index (χ1v) is 7.79. The first kappa shape index (κ1) is 15.5. The highest BCUT2D eigenvalue weighted by atomic mass is 16.5. The number of carbonyl (C=O) groups is 1. The van der Waals surface area contributed by atoms with E-state index in [-0.39, 0.29) is 5.91 Å². The van der Waals surface area contributed by atoms with Crippen LogP contribution < -0.4 is 5.32 Å². The second-order valence-electron chi connectivity index (χ2n) is 5.26. The summed E-state index contributed by atoms with van der Waals surface area (Å²) in [7, 11) is 0. The molecular weight excluding hydrogens is 296 g/mol. The summed E-state index contributed by atoms with van der Waals surface area (Å²) in [5.41, 5.74) is 1.41. The van der Waals surface area contributed by atoms with Gasteiger partial charge in [0.15, 0.2) is 5.82 Å². The summed E-state index contributed by atoms with van der Waals surface area (Å²) in [6, 6.07) is 7.46. The highest BCUT2D eigenvalue weighted by molar-refractivity contribution is 5.99. The number of ether oxygens (including phenoxy) is 1. The van der Waals surface area contributed by atoms with Crippen LogP contribution in [0.2, 0.25) is 0 Å². The maximum Gasteiger partial charge on any atom is 0.256 e. The second-order valence-corrected chi connectivity index (χ2v) is 5.26. The Balaban J connectivity index is 1.70. The summed E-state index contributed by atoms with van der Waals surface area (Å²) in [6.45, 7) is 4.78. The summed E-state index contributed by atoms with van der Waals surface area (Å²) in [5.74, 6) is 1.20. The normalized spacial score (nSPS) is 14.7. The van der Waals surface area contributed by atoms with Crippen molar-refractivity contribution in [2.75, 3.05) is 31.6 Å². The van der Waals surface area contributed by atoms with Crippen LogP contribution in [-0.4, -0.2) is 47.3 Å². The highest BCUT2D eigenvalue weighted by Crippen LogP contribution is 2.19. The van der Waals surface area contributed by atoms with E-state index >= 15 is 0 Å². The number of carbonyl (C=O) groups excluding carboxylic acids is 1. The Morgan fingerprint density at radius 3 is 2.83 bits per heavy atom. The fourth-order valence-electron chi connectivity index (χ4n) is 2.44. The number of aryl methyl sites for hydroxylation is 1. The smallest absolute Gasteiger partial charge is 0.256 e. The zero-order valence-electron chi connectivity index (χ0n) is 13.1. The topological polar surface area (TPSA) is 80.5 Å². The molecule has 0 aliphatic carbocycles. The van der Waals surface area contributed by atoms with Gasteiger partial charge in [-0.3, -0.25) is 4.79 Å². The predicted molar refractivity (Wildman–Crippen MR) is 84.2 cm³/mol. The Hall–Kier alpha value is -2.41. The number of morpholine rings is 1. The summed E-state index contributed by atoms with van der Waals surface area (Å²) >= 11 is 0. The van der Waals surface area contributed by atoms with Crippen molar-refractivity contribution in [2.24, 2.45) is 0 Å². The van der Waals surface area contributed by atoms with Crippen LogP contribution in [0, 0.1) is 0 Å². The van der Waals surface area contributed by atoms with E-state index in [4.69, 9.17) is 9.26 Å². The third-order valence-electron chi connectivity index (χ3n) is 3.71. The van der Waals surface area contributed by atoms with Gasteiger partial charge in [0.1, 0.15) is 0 Å². The van der Waals surface area contributed by atoms with Crippen LogP contribution in [0.15, 0.2) is 28.8 Å². The Labute approximate surface area is 134 Å². The molecule has 1 amide bonds. The van der Waals surface area contributed by atoms with Crippen molar-refractivity contribution in [3.63, 3.8) is 0 Å². The zero-order valence-corrected chi connectivity index (χ0v) is 13.1. The number of amides is 1. The molecule has 7 nitrogen and oxygen atoms in total. The zero-order chi connectivity index (χ0) is 16.1. The van der Waals surface area contributed by atoms with Crippen molar-refractivity contribution >= 4 is 11.6 Å². The SMILES string of the molecule is CCc1noc(CNc2ccccc2C(=O)N2CCOCC2)n1. The molecule has 0 spiro atoms. The van der Waals surface area contributed by atoms with E-state index in [0.717, 1.165) is 12.1 Å². The monoisotopic (exact) mass is 316 g/mol. The Morgan fingerprint density at radius 2 is 2.09 bits per heavy atom. The van der Waals surface area contributed by atoms with Crippen LogP contribution in [0.5, 0.6) is 0 Å².